The van der Waals surface area contributed by atoms with E-state index in [1.807, 2.05) is 38.4 Å². The summed E-state index contributed by atoms with van der Waals surface area (Å²) < 4.78 is 0. The van der Waals surface area contributed by atoms with Crippen molar-refractivity contribution in [3.63, 3.8) is 0 Å². The van der Waals surface area contributed by atoms with Crippen molar-refractivity contribution in [2.24, 2.45) is 0 Å². The van der Waals surface area contributed by atoms with E-state index in [2.05, 4.69) is 27.1 Å². The molecule has 5 nitrogen and oxygen atoms in total. The number of hydrogen-bond acceptors (Lipinski definition) is 4. The summed E-state index contributed by atoms with van der Waals surface area (Å²) in [7, 11) is 6.14. The molecule has 1 N–H and O–H groups in total. The minimum atomic E-state index is 0.0198. The van der Waals surface area contributed by atoms with Gasteiger partial charge >= 0.3 is 0 Å². The Hall–Kier alpha value is -1.59. The molecule has 0 bridgehead atoms. The quantitative estimate of drug-likeness (QED) is 0.868. The van der Waals surface area contributed by atoms with Crippen LogP contribution in [-0.2, 0) is 0 Å². The predicted octanol–water partition coefficient (Wildman–Crippen LogP) is 0.730. The van der Waals surface area contributed by atoms with Crippen LogP contribution in [-0.4, -0.2) is 76.1 Å². The second-order valence-electron chi connectivity index (χ2n) is 5.87. The molecule has 1 amide bonds. The topological polar surface area (TPSA) is 38.8 Å². The van der Waals surface area contributed by atoms with E-state index in [0.29, 0.717) is 6.54 Å². The standard InChI is InChI=1S/C16H26N4O/c1-18(2)9-8-17-16(21)14-6-4-5-7-15(14)20-12-10-19(3)11-13-20/h4-7H,8-13H2,1-3H3,(H,17,21). The largest absolute Gasteiger partial charge is 0.368 e. The molecule has 0 saturated carbocycles. The van der Waals surface area contributed by atoms with Gasteiger partial charge in [-0.3, -0.25) is 4.79 Å². The van der Waals surface area contributed by atoms with E-state index in [1.54, 1.807) is 0 Å². The highest BCUT2D eigenvalue weighted by atomic mass is 16.1. The van der Waals surface area contributed by atoms with Crippen molar-refractivity contribution in [1.82, 2.24) is 15.1 Å². The van der Waals surface area contributed by atoms with E-state index in [9.17, 15) is 4.79 Å². The molecule has 1 aromatic carbocycles. The van der Waals surface area contributed by atoms with Crippen molar-refractivity contribution in [2.45, 2.75) is 0 Å². The Morgan fingerprint density at radius 2 is 1.86 bits per heavy atom. The van der Waals surface area contributed by atoms with Crippen LogP contribution in [0.5, 0.6) is 0 Å². The lowest BCUT2D eigenvalue weighted by Gasteiger charge is -2.35. The van der Waals surface area contributed by atoms with Gasteiger partial charge in [0.15, 0.2) is 0 Å². The van der Waals surface area contributed by atoms with Crippen LogP contribution in [0, 0.1) is 0 Å². The number of nitrogens with one attached hydrogen (secondary N) is 1. The van der Waals surface area contributed by atoms with Crippen molar-refractivity contribution in [3.05, 3.63) is 29.8 Å². The van der Waals surface area contributed by atoms with E-state index in [1.165, 1.54) is 0 Å². The molecule has 1 heterocycles. The number of piperazine rings is 1. The Morgan fingerprint density at radius 3 is 2.52 bits per heavy atom. The summed E-state index contributed by atoms with van der Waals surface area (Å²) in [4.78, 5) is 19.1. The van der Waals surface area contributed by atoms with Crippen molar-refractivity contribution >= 4 is 11.6 Å². The lowest BCUT2D eigenvalue weighted by molar-refractivity contribution is 0.0951. The smallest absolute Gasteiger partial charge is 0.253 e. The third-order valence-corrected chi connectivity index (χ3v) is 3.84. The fraction of sp³-hybridized carbons (Fsp3) is 0.562. The van der Waals surface area contributed by atoms with Crippen molar-refractivity contribution in [2.75, 3.05) is 65.3 Å². The van der Waals surface area contributed by atoms with Gasteiger partial charge in [-0.15, -0.1) is 0 Å². The zero-order valence-electron chi connectivity index (χ0n) is 13.3. The molecule has 116 valence electrons. The minimum absolute atomic E-state index is 0.0198. The average Bonchev–Trinajstić information content (AvgIpc) is 2.47. The van der Waals surface area contributed by atoms with Gasteiger partial charge in [0.1, 0.15) is 0 Å². The fourth-order valence-electron chi connectivity index (χ4n) is 2.48. The number of anilines is 1. The van der Waals surface area contributed by atoms with E-state index < -0.39 is 0 Å². The number of carbonyl (C=O) groups excluding carboxylic acids is 1. The number of benzene rings is 1. The molecule has 1 aliphatic heterocycles. The van der Waals surface area contributed by atoms with Crippen molar-refractivity contribution < 1.29 is 4.79 Å². The van der Waals surface area contributed by atoms with Gasteiger partial charge < -0.3 is 20.0 Å². The summed E-state index contributed by atoms with van der Waals surface area (Å²) in [5.74, 6) is 0.0198. The minimum Gasteiger partial charge on any atom is -0.368 e. The molecule has 5 heteroatoms. The highest BCUT2D eigenvalue weighted by molar-refractivity contribution is 5.99. The maximum Gasteiger partial charge on any atom is 0.253 e. The van der Waals surface area contributed by atoms with E-state index >= 15 is 0 Å². The van der Waals surface area contributed by atoms with Crippen LogP contribution in [0.4, 0.5) is 5.69 Å². The van der Waals surface area contributed by atoms with Crippen LogP contribution in [0.25, 0.3) is 0 Å². The van der Waals surface area contributed by atoms with E-state index in [0.717, 1.165) is 44.0 Å². The molecule has 1 aliphatic rings. The van der Waals surface area contributed by atoms with Gasteiger partial charge in [-0.1, -0.05) is 12.1 Å². The summed E-state index contributed by atoms with van der Waals surface area (Å²) in [5.41, 5.74) is 1.83. The van der Waals surface area contributed by atoms with E-state index in [4.69, 9.17) is 0 Å². The first-order valence-corrected chi connectivity index (χ1v) is 7.53. The van der Waals surface area contributed by atoms with Gasteiger partial charge in [0, 0.05) is 45.0 Å². The highest BCUT2D eigenvalue weighted by Gasteiger charge is 2.19. The fourth-order valence-corrected chi connectivity index (χ4v) is 2.48. The molecular formula is C16H26N4O. The number of nitrogens with zero attached hydrogens (tertiary/aromatic N) is 3. The molecule has 1 aromatic rings. The molecule has 0 atom stereocenters. The molecule has 0 unspecified atom stereocenters. The third-order valence-electron chi connectivity index (χ3n) is 3.84. The van der Waals surface area contributed by atoms with Gasteiger partial charge in [0.05, 0.1) is 5.56 Å². The molecule has 0 radical (unpaired) electrons. The molecule has 0 spiro atoms. The monoisotopic (exact) mass is 290 g/mol. The van der Waals surface area contributed by atoms with E-state index in [-0.39, 0.29) is 5.91 Å². The maximum absolute atomic E-state index is 12.4. The highest BCUT2D eigenvalue weighted by Crippen LogP contribution is 2.21. The Bertz CT molecular complexity index is 467. The van der Waals surface area contributed by atoms with Gasteiger partial charge in [0.25, 0.3) is 5.91 Å². The van der Waals surface area contributed by atoms with Gasteiger partial charge in [0.2, 0.25) is 0 Å². The zero-order chi connectivity index (χ0) is 15.2. The number of para-hydroxylation sites is 1. The number of hydrogen-bond donors (Lipinski definition) is 1. The second-order valence-corrected chi connectivity index (χ2v) is 5.87. The summed E-state index contributed by atoms with van der Waals surface area (Å²) >= 11 is 0. The first-order valence-electron chi connectivity index (χ1n) is 7.53. The van der Waals surface area contributed by atoms with Crippen LogP contribution >= 0.6 is 0 Å². The van der Waals surface area contributed by atoms with Crippen molar-refractivity contribution in [3.8, 4) is 0 Å². The summed E-state index contributed by atoms with van der Waals surface area (Å²) in [5, 5.41) is 3.00. The molecule has 2 rings (SSSR count). The van der Waals surface area contributed by atoms with Gasteiger partial charge in [-0.05, 0) is 33.3 Å². The number of rotatable bonds is 5. The lowest BCUT2D eigenvalue weighted by Crippen LogP contribution is -2.45. The zero-order valence-corrected chi connectivity index (χ0v) is 13.3. The lowest BCUT2D eigenvalue weighted by atomic mass is 10.1. The molecule has 1 saturated heterocycles. The normalized spacial score (nSPS) is 16.3. The Labute approximate surface area is 127 Å². The van der Waals surface area contributed by atoms with Crippen LogP contribution in [0.15, 0.2) is 24.3 Å². The summed E-state index contributed by atoms with van der Waals surface area (Å²) in [6.45, 7) is 5.54. The summed E-state index contributed by atoms with van der Waals surface area (Å²) in [6, 6.07) is 7.90. The third kappa shape index (κ3) is 4.44. The Balaban J connectivity index is 2.04. The van der Waals surface area contributed by atoms with Crippen molar-refractivity contribution in [1.29, 1.82) is 0 Å². The Morgan fingerprint density at radius 1 is 1.19 bits per heavy atom. The first-order chi connectivity index (χ1) is 10.1. The second kappa shape index (κ2) is 7.43. The SMILES string of the molecule is CN(C)CCNC(=O)c1ccccc1N1CCN(C)CC1. The number of amides is 1. The summed E-state index contributed by atoms with van der Waals surface area (Å²) in [6.07, 6.45) is 0. The van der Waals surface area contributed by atoms with Crippen LogP contribution in [0.1, 0.15) is 10.4 Å². The molecular weight excluding hydrogens is 264 g/mol. The van der Waals surface area contributed by atoms with Crippen LogP contribution in [0.3, 0.4) is 0 Å². The average molecular weight is 290 g/mol. The van der Waals surface area contributed by atoms with Crippen LogP contribution < -0.4 is 10.2 Å². The molecule has 0 aromatic heterocycles. The maximum atomic E-state index is 12.4. The van der Waals surface area contributed by atoms with Gasteiger partial charge in [-0.25, -0.2) is 0 Å². The first kappa shape index (κ1) is 15.8. The molecule has 1 fully saturated rings. The Kier molecular flexibility index (Phi) is 5.59. The van der Waals surface area contributed by atoms with Crippen LogP contribution in [0.2, 0.25) is 0 Å². The number of likely N-dealkylation sites (N-methyl/N-ethyl adjacent to an activating group) is 2. The number of carbonyl (C=O) groups is 1. The predicted molar refractivity (Wildman–Crippen MR) is 87.0 cm³/mol. The molecule has 0 aliphatic carbocycles. The van der Waals surface area contributed by atoms with Gasteiger partial charge in [-0.2, -0.15) is 0 Å². The molecule has 21 heavy (non-hydrogen) atoms.